The molecule has 0 aliphatic rings. The molecule has 1 aromatic heterocycles. The average molecular weight is 238 g/mol. The highest BCUT2D eigenvalue weighted by molar-refractivity contribution is 5.04. The van der Waals surface area contributed by atoms with Crippen molar-refractivity contribution >= 4 is 0 Å². The van der Waals surface area contributed by atoms with Gasteiger partial charge in [-0.15, -0.1) is 0 Å². The number of allylic oxidation sites excluding steroid dienone is 1. The highest BCUT2D eigenvalue weighted by Gasteiger charge is 2.06. The summed E-state index contributed by atoms with van der Waals surface area (Å²) >= 11 is 0. The smallest absolute Gasteiger partial charge is 0.328 e. The van der Waals surface area contributed by atoms with Gasteiger partial charge in [-0.05, 0) is 19.8 Å². The summed E-state index contributed by atoms with van der Waals surface area (Å²) in [4.78, 5) is 25.0. The number of H-pyrrole nitrogens is 1. The number of nitrogens with zero attached hydrogens (tertiary/aromatic N) is 1. The van der Waals surface area contributed by atoms with Crippen molar-refractivity contribution in [2.45, 2.75) is 26.8 Å². The van der Waals surface area contributed by atoms with Gasteiger partial charge < -0.3 is 5.11 Å². The first kappa shape index (κ1) is 13.4. The van der Waals surface area contributed by atoms with Crippen LogP contribution in [0.25, 0.3) is 0 Å². The van der Waals surface area contributed by atoms with E-state index in [0.717, 1.165) is 0 Å². The third-order valence-electron chi connectivity index (χ3n) is 2.59. The second kappa shape index (κ2) is 5.63. The van der Waals surface area contributed by atoms with Crippen LogP contribution in [0, 0.1) is 12.8 Å². The maximum atomic E-state index is 11.6. The van der Waals surface area contributed by atoms with E-state index in [4.69, 9.17) is 5.11 Å². The van der Waals surface area contributed by atoms with Gasteiger partial charge in [0.05, 0.1) is 6.04 Å². The lowest BCUT2D eigenvalue weighted by Crippen LogP contribution is -2.32. The fourth-order valence-corrected chi connectivity index (χ4v) is 1.39. The van der Waals surface area contributed by atoms with Crippen LogP contribution in [0.2, 0.25) is 0 Å². The molecule has 0 aliphatic carbocycles. The third-order valence-corrected chi connectivity index (χ3v) is 2.59. The van der Waals surface area contributed by atoms with Gasteiger partial charge >= 0.3 is 5.69 Å². The molecule has 0 spiro atoms. The molecule has 2 N–H and O–H groups in total. The molecular formula is C12H18N2O3. The molecule has 0 aliphatic heterocycles. The summed E-state index contributed by atoms with van der Waals surface area (Å²) in [6.07, 6.45) is 5.22. The number of aliphatic hydroxyl groups is 1. The van der Waals surface area contributed by atoms with E-state index >= 15 is 0 Å². The van der Waals surface area contributed by atoms with Crippen LogP contribution in [0.4, 0.5) is 0 Å². The van der Waals surface area contributed by atoms with E-state index in [1.807, 2.05) is 26.0 Å². The Hall–Kier alpha value is -1.62. The first-order valence-corrected chi connectivity index (χ1v) is 5.57. The minimum Gasteiger partial charge on any atom is -0.396 e. The van der Waals surface area contributed by atoms with Gasteiger partial charge in [0.15, 0.2) is 0 Å². The Morgan fingerprint density at radius 3 is 2.65 bits per heavy atom. The zero-order valence-electron chi connectivity index (χ0n) is 10.3. The minimum absolute atomic E-state index is 0.0528. The van der Waals surface area contributed by atoms with Crippen molar-refractivity contribution in [2.75, 3.05) is 6.61 Å². The number of rotatable bonds is 4. The summed E-state index contributed by atoms with van der Waals surface area (Å²) in [5.41, 5.74) is -0.277. The zero-order chi connectivity index (χ0) is 13.0. The lowest BCUT2D eigenvalue weighted by molar-refractivity contribution is 0.261. The van der Waals surface area contributed by atoms with Crippen LogP contribution in [-0.2, 0) is 0 Å². The maximum Gasteiger partial charge on any atom is 0.328 e. The molecule has 0 radical (unpaired) electrons. The van der Waals surface area contributed by atoms with Crippen molar-refractivity contribution in [2.24, 2.45) is 5.92 Å². The van der Waals surface area contributed by atoms with E-state index in [1.54, 1.807) is 13.1 Å². The van der Waals surface area contributed by atoms with Gasteiger partial charge in [0, 0.05) is 18.4 Å². The Morgan fingerprint density at radius 2 is 2.06 bits per heavy atom. The van der Waals surface area contributed by atoms with Crippen molar-refractivity contribution in [1.82, 2.24) is 9.55 Å². The number of hydrogen-bond donors (Lipinski definition) is 2. The summed E-state index contributed by atoms with van der Waals surface area (Å²) in [5, 5.41) is 8.89. The molecule has 1 aromatic rings. The molecule has 0 aromatic carbocycles. The molecule has 94 valence electrons. The van der Waals surface area contributed by atoms with Crippen molar-refractivity contribution < 1.29 is 5.11 Å². The zero-order valence-corrected chi connectivity index (χ0v) is 10.3. The fraction of sp³-hybridized carbons (Fsp3) is 0.500. The number of nitrogens with one attached hydrogen (secondary N) is 1. The van der Waals surface area contributed by atoms with E-state index in [2.05, 4.69) is 4.98 Å². The molecule has 1 rings (SSSR count). The molecule has 0 amide bonds. The maximum absolute atomic E-state index is 11.6. The van der Waals surface area contributed by atoms with Gasteiger partial charge in [-0.3, -0.25) is 14.3 Å². The number of hydrogen-bond acceptors (Lipinski definition) is 3. The molecule has 17 heavy (non-hydrogen) atoms. The van der Waals surface area contributed by atoms with Crippen LogP contribution < -0.4 is 11.2 Å². The first-order chi connectivity index (χ1) is 7.95. The lowest BCUT2D eigenvalue weighted by Gasteiger charge is -2.11. The Labute approximate surface area is 99.4 Å². The number of aryl methyl sites for hydroxylation is 1. The second-order valence-corrected chi connectivity index (χ2v) is 4.26. The molecule has 2 atom stereocenters. The van der Waals surface area contributed by atoms with E-state index in [0.29, 0.717) is 5.56 Å². The average Bonchev–Trinajstić information content (AvgIpc) is 2.30. The Balaban J connectivity index is 3.01. The molecule has 0 saturated heterocycles. The Morgan fingerprint density at radius 1 is 1.41 bits per heavy atom. The predicted octanol–water partition coefficient (Wildman–Crippen LogP) is 0.591. The molecule has 0 fully saturated rings. The molecule has 0 saturated carbocycles. The summed E-state index contributed by atoms with van der Waals surface area (Å²) in [6, 6.07) is -0.160. The number of aliphatic hydroxyl groups excluding tert-OH is 1. The van der Waals surface area contributed by atoms with E-state index in [9.17, 15) is 9.59 Å². The number of aromatic amines is 1. The molecule has 0 bridgehead atoms. The van der Waals surface area contributed by atoms with Gasteiger partial charge in [0.2, 0.25) is 0 Å². The minimum atomic E-state index is -0.422. The normalized spacial score (nSPS) is 15.1. The highest BCUT2D eigenvalue weighted by Crippen LogP contribution is 2.06. The second-order valence-electron chi connectivity index (χ2n) is 4.26. The highest BCUT2D eigenvalue weighted by atomic mass is 16.3. The summed E-state index contributed by atoms with van der Waals surface area (Å²) in [7, 11) is 0. The molecule has 5 nitrogen and oxygen atoms in total. The summed E-state index contributed by atoms with van der Waals surface area (Å²) in [6.45, 7) is 5.45. The predicted molar refractivity (Wildman–Crippen MR) is 66.2 cm³/mol. The van der Waals surface area contributed by atoms with Crippen LogP contribution in [0.15, 0.2) is 27.9 Å². The summed E-state index contributed by atoms with van der Waals surface area (Å²) < 4.78 is 1.46. The van der Waals surface area contributed by atoms with Crippen molar-refractivity contribution in [3.05, 3.63) is 44.8 Å². The van der Waals surface area contributed by atoms with Crippen molar-refractivity contribution in [3.8, 4) is 0 Å². The lowest BCUT2D eigenvalue weighted by atomic mass is 10.1. The van der Waals surface area contributed by atoms with Gasteiger partial charge in [-0.25, -0.2) is 4.79 Å². The Bertz CT molecular complexity index is 513. The van der Waals surface area contributed by atoms with Gasteiger partial charge in [-0.1, -0.05) is 19.1 Å². The van der Waals surface area contributed by atoms with Crippen LogP contribution in [0.1, 0.15) is 25.5 Å². The molecular weight excluding hydrogens is 220 g/mol. The van der Waals surface area contributed by atoms with Gasteiger partial charge in [0.1, 0.15) is 0 Å². The van der Waals surface area contributed by atoms with E-state index in [1.165, 1.54) is 4.57 Å². The first-order valence-electron chi connectivity index (χ1n) is 5.57. The Kier molecular flexibility index (Phi) is 4.45. The topological polar surface area (TPSA) is 75.1 Å². The van der Waals surface area contributed by atoms with Gasteiger partial charge in [0.25, 0.3) is 5.56 Å². The summed E-state index contributed by atoms with van der Waals surface area (Å²) in [5.74, 6) is 0.0528. The third kappa shape index (κ3) is 3.42. The number of aromatic nitrogens is 2. The van der Waals surface area contributed by atoms with Crippen LogP contribution in [0.3, 0.4) is 0 Å². The van der Waals surface area contributed by atoms with E-state index in [-0.39, 0.29) is 24.1 Å². The van der Waals surface area contributed by atoms with Crippen LogP contribution in [-0.4, -0.2) is 21.3 Å². The molecule has 0 unspecified atom stereocenters. The van der Waals surface area contributed by atoms with E-state index < -0.39 is 5.69 Å². The van der Waals surface area contributed by atoms with Crippen molar-refractivity contribution in [1.29, 1.82) is 0 Å². The fourth-order valence-electron chi connectivity index (χ4n) is 1.39. The van der Waals surface area contributed by atoms with Crippen LogP contribution >= 0.6 is 0 Å². The quantitative estimate of drug-likeness (QED) is 0.754. The standard InChI is InChI=1S/C12H18N2O3/c1-8(7-15)4-5-10(3)14-6-9(2)11(16)13-12(14)17/h4-6,8,10,15H,7H2,1-3H3,(H,13,16,17)/b5-4-/t8-,10+/m0/s1. The van der Waals surface area contributed by atoms with Gasteiger partial charge in [-0.2, -0.15) is 0 Å². The van der Waals surface area contributed by atoms with Crippen LogP contribution in [0.5, 0.6) is 0 Å². The molecule has 1 heterocycles. The molecule has 5 heteroatoms. The monoisotopic (exact) mass is 238 g/mol. The van der Waals surface area contributed by atoms with Crippen molar-refractivity contribution in [3.63, 3.8) is 0 Å². The largest absolute Gasteiger partial charge is 0.396 e. The SMILES string of the molecule is Cc1cn([C@H](C)/C=C\[C@H](C)CO)c(=O)[nH]c1=O.